The van der Waals surface area contributed by atoms with Crippen LogP contribution in [0.4, 0.5) is 5.69 Å². The van der Waals surface area contributed by atoms with Crippen molar-refractivity contribution in [2.24, 2.45) is 0 Å². The van der Waals surface area contributed by atoms with E-state index in [9.17, 15) is 0 Å². The van der Waals surface area contributed by atoms with Gasteiger partial charge < -0.3 is 13.9 Å². The Labute approximate surface area is 179 Å². The lowest BCUT2D eigenvalue weighted by atomic mass is 10.2. The highest BCUT2D eigenvalue weighted by Gasteiger charge is 2.06. The van der Waals surface area contributed by atoms with Gasteiger partial charge in [-0.05, 0) is 42.3 Å². The number of nitrogens with one attached hydrogen (secondary N) is 1. The monoisotopic (exact) mass is 409 g/mol. The molecule has 1 N–H and O–H groups in total. The van der Waals surface area contributed by atoms with Crippen LogP contribution in [0.15, 0.2) is 114 Å². The van der Waals surface area contributed by atoms with Crippen LogP contribution in [0.25, 0.3) is 16.9 Å². The third-order valence-electron chi connectivity index (χ3n) is 4.60. The van der Waals surface area contributed by atoms with Crippen molar-refractivity contribution in [3.63, 3.8) is 0 Å². The van der Waals surface area contributed by atoms with Gasteiger partial charge in [0.15, 0.2) is 0 Å². The third kappa shape index (κ3) is 4.16. The van der Waals surface area contributed by atoms with Gasteiger partial charge in [0.2, 0.25) is 0 Å². The van der Waals surface area contributed by atoms with Crippen LogP contribution in [0.5, 0.6) is 11.5 Å². The fourth-order valence-electron chi connectivity index (χ4n) is 3.14. The number of hydrogen-bond donors (Lipinski definition) is 1. The van der Waals surface area contributed by atoms with Crippen molar-refractivity contribution < 1.29 is 4.74 Å². The maximum absolute atomic E-state index is 6.09. The predicted molar refractivity (Wildman–Crippen MR) is 123 cm³/mol. The fraction of sp³-hybridized carbons (Fsp3) is 0. The second kappa shape index (κ2) is 8.35. The molecule has 146 valence electrons. The second-order valence-electron chi connectivity index (χ2n) is 6.77. The number of benzene rings is 3. The van der Waals surface area contributed by atoms with Crippen LogP contribution in [0.2, 0.25) is 0 Å². The molecule has 0 bridgehead atoms. The molecule has 0 unspecified atom stereocenters. The molecule has 0 spiro atoms. The first kappa shape index (κ1) is 18.3. The molecule has 4 nitrogen and oxygen atoms in total. The maximum atomic E-state index is 6.09. The Morgan fingerprint density at radius 2 is 1.53 bits per heavy atom. The Balaban J connectivity index is 1.32. The summed E-state index contributed by atoms with van der Waals surface area (Å²) in [5, 5.41) is 0. The number of rotatable bonds is 6. The molecule has 2 aromatic heterocycles. The van der Waals surface area contributed by atoms with Gasteiger partial charge in [0.05, 0.1) is 5.69 Å². The molecule has 0 saturated carbocycles. The minimum atomic E-state index is 0.751. The van der Waals surface area contributed by atoms with E-state index in [-0.39, 0.29) is 0 Å². The summed E-state index contributed by atoms with van der Waals surface area (Å²) >= 11 is 1.57. The topological polar surface area (TPSA) is 38.6 Å². The number of hydrogen-bond acceptors (Lipinski definition) is 4. The van der Waals surface area contributed by atoms with E-state index in [4.69, 9.17) is 9.72 Å². The van der Waals surface area contributed by atoms with E-state index in [2.05, 4.69) is 29.0 Å². The summed E-state index contributed by atoms with van der Waals surface area (Å²) in [6, 6.07) is 32.2. The fourth-order valence-corrected chi connectivity index (χ4v) is 3.80. The minimum absolute atomic E-state index is 0.751. The zero-order valence-electron chi connectivity index (χ0n) is 16.1. The molecule has 5 heteroatoms. The molecule has 30 heavy (non-hydrogen) atoms. The number of ether oxygens (including phenoxy) is 1. The number of nitrogens with zero attached hydrogens (tertiary/aromatic N) is 2. The first-order valence-corrected chi connectivity index (χ1v) is 10.5. The number of pyridine rings is 1. The SMILES string of the molecule is c1ccc(SNc2cccc(Oc3ccn4cc(-c5ccccc5)nc4c3)c2)cc1. The molecule has 0 radical (unpaired) electrons. The Morgan fingerprint density at radius 1 is 0.767 bits per heavy atom. The first-order chi connectivity index (χ1) is 14.8. The van der Waals surface area contributed by atoms with Crippen molar-refractivity contribution in [3.8, 4) is 22.8 Å². The zero-order chi connectivity index (χ0) is 20.2. The molecule has 0 aliphatic carbocycles. The highest BCUT2D eigenvalue weighted by Crippen LogP contribution is 2.28. The van der Waals surface area contributed by atoms with E-state index in [0.717, 1.165) is 39.0 Å². The number of imidazole rings is 1. The van der Waals surface area contributed by atoms with Crippen LogP contribution < -0.4 is 9.46 Å². The van der Waals surface area contributed by atoms with Gasteiger partial charge in [-0.3, -0.25) is 0 Å². The third-order valence-corrected chi connectivity index (χ3v) is 5.45. The molecule has 0 amide bonds. The normalized spacial score (nSPS) is 10.8. The summed E-state index contributed by atoms with van der Waals surface area (Å²) in [6.45, 7) is 0. The first-order valence-electron chi connectivity index (χ1n) is 9.63. The van der Waals surface area contributed by atoms with E-state index in [1.54, 1.807) is 11.9 Å². The minimum Gasteiger partial charge on any atom is -0.457 e. The standard InChI is InChI=1S/C25H19N3OS/c1-3-8-19(9-4-1)24-18-28-15-14-22(17-25(28)26-24)29-21-11-7-10-20(16-21)27-30-23-12-5-2-6-13-23/h1-18,27H. The van der Waals surface area contributed by atoms with Crippen molar-refractivity contribution in [1.29, 1.82) is 0 Å². The Kier molecular flexibility index (Phi) is 5.10. The Bertz CT molecular complexity index is 1270. The van der Waals surface area contributed by atoms with Crippen LogP contribution in [0.3, 0.4) is 0 Å². The molecule has 2 heterocycles. The molecule has 0 aliphatic rings. The molecule has 3 aromatic carbocycles. The summed E-state index contributed by atoms with van der Waals surface area (Å²) in [7, 11) is 0. The Morgan fingerprint density at radius 3 is 2.37 bits per heavy atom. The van der Waals surface area contributed by atoms with Gasteiger partial charge in [-0.25, -0.2) is 4.98 Å². The lowest BCUT2D eigenvalue weighted by Crippen LogP contribution is -1.90. The van der Waals surface area contributed by atoms with Crippen LogP contribution >= 0.6 is 11.9 Å². The van der Waals surface area contributed by atoms with Crippen molar-refractivity contribution in [1.82, 2.24) is 9.38 Å². The lowest BCUT2D eigenvalue weighted by Gasteiger charge is -2.09. The van der Waals surface area contributed by atoms with E-state index in [1.165, 1.54) is 0 Å². The second-order valence-corrected chi connectivity index (χ2v) is 7.65. The molecular formula is C25H19N3OS. The predicted octanol–water partition coefficient (Wildman–Crippen LogP) is 6.91. The van der Waals surface area contributed by atoms with Crippen LogP contribution in [0, 0.1) is 0 Å². The van der Waals surface area contributed by atoms with Gasteiger partial charge in [0.1, 0.15) is 17.1 Å². The summed E-state index contributed by atoms with van der Waals surface area (Å²) in [4.78, 5) is 5.89. The largest absolute Gasteiger partial charge is 0.457 e. The van der Waals surface area contributed by atoms with Gasteiger partial charge in [-0.15, -0.1) is 0 Å². The maximum Gasteiger partial charge on any atom is 0.141 e. The van der Waals surface area contributed by atoms with Crippen LogP contribution in [-0.2, 0) is 0 Å². The molecule has 0 fully saturated rings. The van der Waals surface area contributed by atoms with Crippen LogP contribution in [0.1, 0.15) is 0 Å². The molecule has 0 saturated heterocycles. The summed E-state index contributed by atoms with van der Waals surface area (Å²) < 4.78 is 11.5. The number of fused-ring (bicyclic) bond motifs is 1. The molecule has 0 atom stereocenters. The number of anilines is 1. The van der Waals surface area contributed by atoms with E-state index in [0.29, 0.717) is 0 Å². The average Bonchev–Trinajstić information content (AvgIpc) is 3.23. The smallest absolute Gasteiger partial charge is 0.141 e. The van der Waals surface area contributed by atoms with Gasteiger partial charge in [0.25, 0.3) is 0 Å². The highest BCUT2D eigenvalue weighted by atomic mass is 32.2. The van der Waals surface area contributed by atoms with Crippen molar-refractivity contribution >= 4 is 23.3 Å². The van der Waals surface area contributed by atoms with Crippen LogP contribution in [-0.4, -0.2) is 9.38 Å². The van der Waals surface area contributed by atoms with Gasteiger partial charge in [-0.1, -0.05) is 54.6 Å². The van der Waals surface area contributed by atoms with Gasteiger partial charge >= 0.3 is 0 Å². The number of aromatic nitrogens is 2. The summed E-state index contributed by atoms with van der Waals surface area (Å²) in [6.07, 6.45) is 4.00. The van der Waals surface area contributed by atoms with Crippen molar-refractivity contribution in [2.45, 2.75) is 4.90 Å². The molecule has 5 aromatic rings. The summed E-state index contributed by atoms with van der Waals surface area (Å²) in [5.74, 6) is 1.52. The molecular weight excluding hydrogens is 390 g/mol. The van der Waals surface area contributed by atoms with Crippen molar-refractivity contribution in [3.05, 3.63) is 109 Å². The quantitative estimate of drug-likeness (QED) is 0.309. The summed E-state index contributed by atoms with van der Waals surface area (Å²) in [5.41, 5.74) is 3.87. The highest BCUT2D eigenvalue weighted by molar-refractivity contribution is 8.00. The molecule has 5 rings (SSSR count). The van der Waals surface area contributed by atoms with Crippen molar-refractivity contribution in [2.75, 3.05) is 4.72 Å². The Hall–Kier alpha value is -3.70. The average molecular weight is 410 g/mol. The van der Waals surface area contributed by atoms with Gasteiger partial charge in [0, 0.05) is 40.7 Å². The van der Waals surface area contributed by atoms with Gasteiger partial charge in [-0.2, -0.15) is 0 Å². The lowest BCUT2D eigenvalue weighted by molar-refractivity contribution is 0.482. The van der Waals surface area contributed by atoms with E-state index in [1.807, 2.05) is 89.6 Å². The van der Waals surface area contributed by atoms with E-state index >= 15 is 0 Å². The van der Waals surface area contributed by atoms with E-state index < -0.39 is 0 Å². The molecule has 0 aliphatic heterocycles. The zero-order valence-corrected chi connectivity index (χ0v) is 16.9.